The SMILES string of the molecule is O=c1ccn(CC2CCOCC2)cc1. The smallest absolute Gasteiger partial charge is 0.181 e. The van der Waals surface area contributed by atoms with Crippen molar-refractivity contribution >= 4 is 0 Å². The van der Waals surface area contributed by atoms with E-state index in [1.54, 1.807) is 12.1 Å². The molecule has 1 aliphatic heterocycles. The first kappa shape index (κ1) is 9.46. The Morgan fingerprint density at radius 1 is 1.29 bits per heavy atom. The summed E-state index contributed by atoms with van der Waals surface area (Å²) in [5, 5.41) is 0. The summed E-state index contributed by atoms with van der Waals surface area (Å²) < 4.78 is 7.38. The lowest BCUT2D eigenvalue weighted by Gasteiger charge is -2.22. The summed E-state index contributed by atoms with van der Waals surface area (Å²) in [6.45, 7) is 2.76. The van der Waals surface area contributed by atoms with E-state index in [4.69, 9.17) is 4.74 Å². The molecule has 0 bridgehead atoms. The van der Waals surface area contributed by atoms with Gasteiger partial charge in [-0.2, -0.15) is 0 Å². The van der Waals surface area contributed by atoms with Gasteiger partial charge in [0.2, 0.25) is 0 Å². The molecule has 14 heavy (non-hydrogen) atoms. The first-order chi connectivity index (χ1) is 6.84. The summed E-state index contributed by atoms with van der Waals surface area (Å²) in [4.78, 5) is 10.9. The van der Waals surface area contributed by atoms with Crippen LogP contribution in [0.3, 0.4) is 0 Å². The van der Waals surface area contributed by atoms with Crippen LogP contribution in [0.1, 0.15) is 12.8 Å². The molecule has 1 aliphatic rings. The van der Waals surface area contributed by atoms with Crippen LogP contribution in [0.15, 0.2) is 29.3 Å². The first-order valence-corrected chi connectivity index (χ1v) is 5.08. The van der Waals surface area contributed by atoms with Gasteiger partial charge in [0.25, 0.3) is 0 Å². The Morgan fingerprint density at radius 2 is 1.93 bits per heavy atom. The highest BCUT2D eigenvalue weighted by Gasteiger charge is 2.13. The van der Waals surface area contributed by atoms with Crippen molar-refractivity contribution in [2.24, 2.45) is 5.92 Å². The lowest BCUT2D eigenvalue weighted by atomic mass is 10.0. The van der Waals surface area contributed by atoms with Crippen LogP contribution in [-0.4, -0.2) is 17.8 Å². The van der Waals surface area contributed by atoms with Gasteiger partial charge in [-0.15, -0.1) is 0 Å². The number of nitrogens with zero attached hydrogens (tertiary/aromatic N) is 1. The molecule has 76 valence electrons. The zero-order valence-corrected chi connectivity index (χ0v) is 8.19. The van der Waals surface area contributed by atoms with E-state index >= 15 is 0 Å². The van der Waals surface area contributed by atoms with Crippen LogP contribution in [0.4, 0.5) is 0 Å². The minimum atomic E-state index is 0.0771. The Balaban J connectivity index is 1.96. The van der Waals surface area contributed by atoms with E-state index in [1.807, 2.05) is 12.4 Å². The standard InChI is InChI=1S/C11H15NO2/c13-11-1-5-12(6-2-11)9-10-3-7-14-8-4-10/h1-2,5-6,10H,3-4,7-9H2. The molecule has 1 aromatic rings. The minimum absolute atomic E-state index is 0.0771. The second-order valence-corrected chi connectivity index (χ2v) is 3.79. The van der Waals surface area contributed by atoms with Gasteiger partial charge in [-0.25, -0.2) is 0 Å². The fourth-order valence-corrected chi connectivity index (χ4v) is 1.79. The van der Waals surface area contributed by atoms with Crippen molar-refractivity contribution in [2.45, 2.75) is 19.4 Å². The lowest BCUT2D eigenvalue weighted by molar-refractivity contribution is 0.0612. The highest BCUT2D eigenvalue weighted by atomic mass is 16.5. The maximum absolute atomic E-state index is 10.9. The van der Waals surface area contributed by atoms with Gasteiger partial charge in [0.15, 0.2) is 5.43 Å². The fourth-order valence-electron chi connectivity index (χ4n) is 1.79. The molecular weight excluding hydrogens is 178 g/mol. The first-order valence-electron chi connectivity index (χ1n) is 5.08. The number of aromatic nitrogens is 1. The topological polar surface area (TPSA) is 31.2 Å². The molecule has 0 radical (unpaired) electrons. The van der Waals surface area contributed by atoms with Crippen LogP contribution in [0.25, 0.3) is 0 Å². The summed E-state index contributed by atoms with van der Waals surface area (Å²) in [5.74, 6) is 0.700. The van der Waals surface area contributed by atoms with E-state index in [0.717, 1.165) is 32.6 Å². The van der Waals surface area contributed by atoms with Crippen molar-refractivity contribution in [1.82, 2.24) is 4.57 Å². The van der Waals surface area contributed by atoms with Crippen LogP contribution in [0.5, 0.6) is 0 Å². The van der Waals surface area contributed by atoms with E-state index in [0.29, 0.717) is 5.92 Å². The van der Waals surface area contributed by atoms with Gasteiger partial charge >= 0.3 is 0 Å². The van der Waals surface area contributed by atoms with Gasteiger partial charge in [-0.05, 0) is 18.8 Å². The van der Waals surface area contributed by atoms with E-state index in [1.165, 1.54) is 0 Å². The van der Waals surface area contributed by atoms with Crippen LogP contribution >= 0.6 is 0 Å². The Kier molecular flexibility index (Phi) is 2.99. The number of hydrogen-bond donors (Lipinski definition) is 0. The Morgan fingerprint density at radius 3 is 2.57 bits per heavy atom. The Bertz CT molecular complexity index is 319. The van der Waals surface area contributed by atoms with E-state index in [9.17, 15) is 4.79 Å². The Hall–Kier alpha value is -1.09. The quantitative estimate of drug-likeness (QED) is 0.708. The second-order valence-electron chi connectivity index (χ2n) is 3.79. The van der Waals surface area contributed by atoms with Crippen molar-refractivity contribution in [3.63, 3.8) is 0 Å². The molecule has 0 N–H and O–H groups in total. The fraction of sp³-hybridized carbons (Fsp3) is 0.545. The molecule has 2 heterocycles. The van der Waals surface area contributed by atoms with Crippen molar-refractivity contribution in [3.8, 4) is 0 Å². The van der Waals surface area contributed by atoms with Crippen molar-refractivity contribution < 1.29 is 4.74 Å². The molecule has 0 aromatic carbocycles. The number of rotatable bonds is 2. The zero-order valence-electron chi connectivity index (χ0n) is 8.19. The van der Waals surface area contributed by atoms with Crippen LogP contribution in [0.2, 0.25) is 0 Å². The van der Waals surface area contributed by atoms with Crippen LogP contribution in [0, 0.1) is 5.92 Å². The molecule has 1 aromatic heterocycles. The highest BCUT2D eigenvalue weighted by molar-refractivity contribution is 4.93. The molecule has 2 rings (SSSR count). The number of ether oxygens (including phenoxy) is 1. The second kappa shape index (κ2) is 4.42. The van der Waals surface area contributed by atoms with Crippen molar-refractivity contribution in [3.05, 3.63) is 34.7 Å². The molecule has 3 heteroatoms. The normalized spacial score (nSPS) is 18.3. The summed E-state index contributed by atoms with van der Waals surface area (Å²) in [6, 6.07) is 3.22. The number of pyridine rings is 1. The third kappa shape index (κ3) is 2.45. The van der Waals surface area contributed by atoms with Gasteiger partial charge in [0.1, 0.15) is 0 Å². The van der Waals surface area contributed by atoms with Gasteiger partial charge in [0, 0.05) is 44.3 Å². The van der Waals surface area contributed by atoms with Crippen molar-refractivity contribution in [2.75, 3.05) is 13.2 Å². The zero-order chi connectivity index (χ0) is 9.80. The van der Waals surface area contributed by atoms with Crippen LogP contribution < -0.4 is 5.43 Å². The van der Waals surface area contributed by atoms with Gasteiger partial charge in [0.05, 0.1) is 0 Å². The van der Waals surface area contributed by atoms with Gasteiger partial charge in [-0.1, -0.05) is 0 Å². The summed E-state index contributed by atoms with van der Waals surface area (Å²) in [7, 11) is 0. The molecule has 1 fully saturated rings. The highest BCUT2D eigenvalue weighted by Crippen LogP contribution is 2.16. The summed E-state index contributed by atoms with van der Waals surface area (Å²) in [5.41, 5.74) is 0.0771. The van der Waals surface area contributed by atoms with Gasteiger partial charge in [-0.3, -0.25) is 4.79 Å². The maximum atomic E-state index is 10.9. The Labute approximate surface area is 83.3 Å². The van der Waals surface area contributed by atoms with Crippen molar-refractivity contribution in [1.29, 1.82) is 0 Å². The maximum Gasteiger partial charge on any atom is 0.181 e. The molecule has 0 unspecified atom stereocenters. The largest absolute Gasteiger partial charge is 0.381 e. The molecule has 1 saturated heterocycles. The van der Waals surface area contributed by atoms with Gasteiger partial charge < -0.3 is 9.30 Å². The number of hydrogen-bond acceptors (Lipinski definition) is 2. The van der Waals surface area contributed by atoms with E-state index < -0.39 is 0 Å². The molecule has 0 atom stereocenters. The summed E-state index contributed by atoms with van der Waals surface area (Å²) in [6.07, 6.45) is 5.98. The van der Waals surface area contributed by atoms with E-state index in [-0.39, 0.29) is 5.43 Å². The third-order valence-electron chi connectivity index (χ3n) is 2.67. The van der Waals surface area contributed by atoms with E-state index in [2.05, 4.69) is 4.57 Å². The average molecular weight is 193 g/mol. The predicted molar refractivity (Wildman–Crippen MR) is 54.2 cm³/mol. The predicted octanol–water partition coefficient (Wildman–Crippen LogP) is 1.27. The average Bonchev–Trinajstić information content (AvgIpc) is 2.23. The lowest BCUT2D eigenvalue weighted by Crippen LogP contribution is -2.20. The van der Waals surface area contributed by atoms with Crippen LogP contribution in [-0.2, 0) is 11.3 Å². The molecule has 0 spiro atoms. The third-order valence-corrected chi connectivity index (χ3v) is 2.67. The molecule has 0 amide bonds. The monoisotopic (exact) mass is 193 g/mol. The summed E-state index contributed by atoms with van der Waals surface area (Å²) >= 11 is 0. The molecule has 0 aliphatic carbocycles. The molecule has 3 nitrogen and oxygen atoms in total. The molecular formula is C11H15NO2. The minimum Gasteiger partial charge on any atom is -0.381 e. The molecule has 0 saturated carbocycles.